The first-order valence-electron chi connectivity index (χ1n) is 9.62. The number of aromatic nitrogens is 2. The predicted molar refractivity (Wildman–Crippen MR) is 110 cm³/mol. The molecule has 0 radical (unpaired) electrons. The number of carbonyl (C=O) groups excluding carboxylic acids is 1. The molecule has 2 aromatic carbocycles. The van der Waals surface area contributed by atoms with E-state index in [2.05, 4.69) is 4.98 Å². The highest BCUT2D eigenvalue weighted by Crippen LogP contribution is 2.33. The van der Waals surface area contributed by atoms with Gasteiger partial charge < -0.3 is 4.90 Å². The smallest absolute Gasteiger partial charge is 0.261 e. The van der Waals surface area contributed by atoms with Crippen LogP contribution in [0.4, 0.5) is 0 Å². The number of fused-ring (bicyclic) bond motifs is 1. The van der Waals surface area contributed by atoms with Crippen molar-refractivity contribution < 1.29 is 4.79 Å². The number of rotatable bonds is 5. The van der Waals surface area contributed by atoms with Gasteiger partial charge in [0.25, 0.3) is 5.56 Å². The molecule has 2 heterocycles. The van der Waals surface area contributed by atoms with E-state index in [1.54, 1.807) is 17.0 Å². The van der Waals surface area contributed by atoms with Crippen LogP contribution in [0.15, 0.2) is 59.7 Å². The van der Waals surface area contributed by atoms with Crippen LogP contribution >= 0.6 is 11.6 Å². The molecule has 0 saturated carbocycles. The number of likely N-dealkylation sites (tertiary alicyclic amines) is 1. The van der Waals surface area contributed by atoms with Crippen LogP contribution < -0.4 is 5.56 Å². The van der Waals surface area contributed by atoms with Crippen LogP contribution in [0.2, 0.25) is 5.02 Å². The summed E-state index contributed by atoms with van der Waals surface area (Å²) in [6.45, 7) is 1.27. The largest absolute Gasteiger partial charge is 0.336 e. The van der Waals surface area contributed by atoms with Crippen molar-refractivity contribution in [3.63, 3.8) is 0 Å². The Bertz CT molecular complexity index is 1050. The number of benzene rings is 2. The van der Waals surface area contributed by atoms with Gasteiger partial charge in [0.1, 0.15) is 0 Å². The average Bonchev–Trinajstić information content (AvgIpc) is 3.20. The molecule has 1 aliphatic rings. The standard InChI is InChI=1S/C22H22ClN3O2/c23-17-11-9-16(10-12-17)20-7-3-14-26(20)21(27)8-4-13-25-15-24-19-6-2-1-5-18(19)22(25)28/h1-2,5-6,9-12,15,20H,3-4,7-8,13-14H2. The Morgan fingerprint density at radius 3 is 2.75 bits per heavy atom. The molecule has 4 rings (SSSR count). The molecule has 1 unspecified atom stereocenters. The summed E-state index contributed by atoms with van der Waals surface area (Å²) in [6, 6.07) is 15.2. The van der Waals surface area contributed by atoms with Crippen LogP contribution in [-0.4, -0.2) is 26.9 Å². The van der Waals surface area contributed by atoms with Crippen molar-refractivity contribution >= 4 is 28.4 Å². The van der Waals surface area contributed by atoms with E-state index in [1.165, 1.54) is 0 Å². The fourth-order valence-corrected chi connectivity index (χ4v) is 4.03. The molecule has 1 amide bonds. The Labute approximate surface area is 168 Å². The molecule has 144 valence electrons. The lowest BCUT2D eigenvalue weighted by Crippen LogP contribution is -2.31. The molecule has 0 aliphatic carbocycles. The zero-order chi connectivity index (χ0) is 19.5. The third-order valence-electron chi connectivity index (χ3n) is 5.35. The topological polar surface area (TPSA) is 55.2 Å². The first kappa shape index (κ1) is 18.7. The molecular formula is C22H22ClN3O2. The molecule has 1 aromatic heterocycles. The minimum atomic E-state index is -0.0572. The number of halogens is 1. The maximum atomic E-state index is 12.8. The number of hydrogen-bond acceptors (Lipinski definition) is 3. The van der Waals surface area contributed by atoms with E-state index in [1.807, 2.05) is 47.4 Å². The van der Waals surface area contributed by atoms with Crippen LogP contribution in [0.3, 0.4) is 0 Å². The molecule has 0 spiro atoms. The summed E-state index contributed by atoms with van der Waals surface area (Å²) in [5.74, 6) is 0.138. The molecular weight excluding hydrogens is 374 g/mol. The number of hydrogen-bond donors (Lipinski definition) is 0. The van der Waals surface area contributed by atoms with Crippen LogP contribution in [0.5, 0.6) is 0 Å². The van der Waals surface area contributed by atoms with E-state index in [4.69, 9.17) is 11.6 Å². The van der Waals surface area contributed by atoms with Crippen LogP contribution in [0.1, 0.15) is 37.3 Å². The highest BCUT2D eigenvalue weighted by atomic mass is 35.5. The lowest BCUT2D eigenvalue weighted by atomic mass is 10.0. The van der Waals surface area contributed by atoms with Crippen molar-refractivity contribution in [2.24, 2.45) is 0 Å². The SMILES string of the molecule is O=C(CCCn1cnc2ccccc2c1=O)N1CCCC1c1ccc(Cl)cc1. The van der Waals surface area contributed by atoms with E-state index in [0.717, 1.165) is 24.9 Å². The van der Waals surface area contributed by atoms with Gasteiger partial charge in [0.15, 0.2) is 0 Å². The predicted octanol–water partition coefficient (Wildman–Crippen LogP) is 4.19. The molecule has 1 aliphatic heterocycles. The van der Waals surface area contributed by atoms with Gasteiger partial charge in [-0.15, -0.1) is 0 Å². The van der Waals surface area contributed by atoms with Crippen molar-refractivity contribution in [1.82, 2.24) is 14.5 Å². The zero-order valence-electron chi connectivity index (χ0n) is 15.6. The minimum absolute atomic E-state index is 0.0572. The summed E-state index contributed by atoms with van der Waals surface area (Å²) in [5, 5.41) is 1.31. The van der Waals surface area contributed by atoms with E-state index in [0.29, 0.717) is 35.3 Å². The molecule has 1 atom stereocenters. The van der Waals surface area contributed by atoms with Crippen molar-refractivity contribution in [2.75, 3.05) is 6.54 Å². The Balaban J connectivity index is 1.40. The highest BCUT2D eigenvalue weighted by Gasteiger charge is 2.29. The number of aryl methyl sites for hydroxylation is 1. The van der Waals surface area contributed by atoms with Crippen molar-refractivity contribution in [3.8, 4) is 0 Å². The molecule has 0 bridgehead atoms. The van der Waals surface area contributed by atoms with Gasteiger partial charge in [0.05, 0.1) is 23.3 Å². The zero-order valence-corrected chi connectivity index (χ0v) is 16.3. The van der Waals surface area contributed by atoms with Gasteiger partial charge in [-0.2, -0.15) is 0 Å². The number of carbonyl (C=O) groups is 1. The summed E-state index contributed by atoms with van der Waals surface area (Å²) in [7, 11) is 0. The molecule has 28 heavy (non-hydrogen) atoms. The molecule has 6 heteroatoms. The average molecular weight is 396 g/mol. The maximum Gasteiger partial charge on any atom is 0.261 e. The molecule has 1 saturated heterocycles. The first-order chi connectivity index (χ1) is 13.6. The van der Waals surface area contributed by atoms with Gasteiger partial charge in [-0.25, -0.2) is 4.98 Å². The Kier molecular flexibility index (Phi) is 5.44. The summed E-state index contributed by atoms with van der Waals surface area (Å²) in [5.41, 5.74) is 1.77. The summed E-state index contributed by atoms with van der Waals surface area (Å²) in [4.78, 5) is 31.6. The second kappa shape index (κ2) is 8.15. The second-order valence-electron chi connectivity index (χ2n) is 7.16. The second-order valence-corrected chi connectivity index (χ2v) is 7.60. The van der Waals surface area contributed by atoms with Gasteiger partial charge in [-0.1, -0.05) is 35.9 Å². The Hall–Kier alpha value is -2.66. The van der Waals surface area contributed by atoms with E-state index < -0.39 is 0 Å². The van der Waals surface area contributed by atoms with Crippen LogP contribution in [0, 0.1) is 0 Å². The fourth-order valence-electron chi connectivity index (χ4n) is 3.91. The van der Waals surface area contributed by atoms with Gasteiger partial charge in [0, 0.05) is 24.5 Å². The van der Waals surface area contributed by atoms with E-state index in [9.17, 15) is 9.59 Å². The van der Waals surface area contributed by atoms with E-state index in [-0.39, 0.29) is 17.5 Å². The first-order valence-corrected chi connectivity index (χ1v) is 10.0. The van der Waals surface area contributed by atoms with Gasteiger partial charge >= 0.3 is 0 Å². The molecule has 3 aromatic rings. The lowest BCUT2D eigenvalue weighted by molar-refractivity contribution is -0.132. The third-order valence-corrected chi connectivity index (χ3v) is 5.60. The maximum absolute atomic E-state index is 12.8. The highest BCUT2D eigenvalue weighted by molar-refractivity contribution is 6.30. The van der Waals surface area contributed by atoms with E-state index >= 15 is 0 Å². The Morgan fingerprint density at radius 2 is 1.93 bits per heavy atom. The van der Waals surface area contributed by atoms with Crippen molar-refractivity contribution in [3.05, 3.63) is 75.8 Å². The normalized spacial score (nSPS) is 16.6. The monoisotopic (exact) mass is 395 g/mol. The van der Waals surface area contributed by atoms with Crippen molar-refractivity contribution in [2.45, 2.75) is 38.3 Å². The molecule has 1 fully saturated rings. The fraction of sp³-hybridized carbons (Fsp3) is 0.318. The third kappa shape index (κ3) is 3.80. The summed E-state index contributed by atoms with van der Waals surface area (Å²) in [6.07, 6.45) is 4.59. The van der Waals surface area contributed by atoms with Gasteiger partial charge in [-0.3, -0.25) is 14.2 Å². The lowest BCUT2D eigenvalue weighted by Gasteiger charge is -2.25. The summed E-state index contributed by atoms with van der Waals surface area (Å²) >= 11 is 5.98. The van der Waals surface area contributed by atoms with Crippen molar-refractivity contribution in [1.29, 1.82) is 0 Å². The quantitative estimate of drug-likeness (QED) is 0.650. The Morgan fingerprint density at radius 1 is 1.14 bits per heavy atom. The number of nitrogens with zero attached hydrogens (tertiary/aromatic N) is 3. The van der Waals surface area contributed by atoms with Gasteiger partial charge in [-0.05, 0) is 49.1 Å². The number of para-hydroxylation sites is 1. The number of amides is 1. The minimum Gasteiger partial charge on any atom is -0.336 e. The van der Waals surface area contributed by atoms with Crippen LogP contribution in [0.25, 0.3) is 10.9 Å². The molecule has 5 nitrogen and oxygen atoms in total. The summed E-state index contributed by atoms with van der Waals surface area (Å²) < 4.78 is 1.59. The van der Waals surface area contributed by atoms with Crippen LogP contribution in [-0.2, 0) is 11.3 Å². The molecule has 0 N–H and O–H groups in total. The van der Waals surface area contributed by atoms with Gasteiger partial charge in [0.2, 0.25) is 5.91 Å².